The second-order valence-corrected chi connectivity index (χ2v) is 11.5. The zero-order valence-corrected chi connectivity index (χ0v) is 21.8. The normalized spacial score (nSPS) is 13.1. The minimum Gasteiger partial charge on any atom is -0.444 e. The number of nitrogens with one attached hydrogen (secondary N) is 1. The molecule has 0 bridgehead atoms. The van der Waals surface area contributed by atoms with E-state index in [2.05, 4.69) is 21.4 Å². The molecular formula is C26H23FN4O3S2. The maximum Gasteiger partial charge on any atom is 0.412 e. The number of hydrogen-bond donors (Lipinski definition) is 1. The number of carbonyl (C=O) groups is 1. The first kappa shape index (κ1) is 24.4. The fourth-order valence-corrected chi connectivity index (χ4v) is 5.93. The number of thioether (sulfide) groups is 1. The molecule has 10 heteroatoms. The Morgan fingerprint density at radius 3 is 2.83 bits per heavy atom. The summed E-state index contributed by atoms with van der Waals surface area (Å²) in [5, 5.41) is 14.8. The van der Waals surface area contributed by atoms with E-state index in [9.17, 15) is 10.1 Å². The molecule has 0 saturated heterocycles. The van der Waals surface area contributed by atoms with Gasteiger partial charge in [0, 0.05) is 27.2 Å². The van der Waals surface area contributed by atoms with Gasteiger partial charge in [-0.15, -0.1) is 11.3 Å². The maximum atomic E-state index is 16.3. The van der Waals surface area contributed by atoms with E-state index in [0.29, 0.717) is 38.7 Å². The van der Waals surface area contributed by atoms with Crippen LogP contribution in [-0.4, -0.2) is 27.4 Å². The summed E-state index contributed by atoms with van der Waals surface area (Å²) < 4.78 is 28.1. The molecule has 7 nitrogen and oxygen atoms in total. The van der Waals surface area contributed by atoms with E-state index in [-0.39, 0.29) is 17.7 Å². The predicted octanol–water partition coefficient (Wildman–Crippen LogP) is 7.01. The maximum absolute atomic E-state index is 16.3. The van der Waals surface area contributed by atoms with Crippen molar-refractivity contribution in [2.45, 2.75) is 51.7 Å². The lowest BCUT2D eigenvalue weighted by Crippen LogP contribution is -2.27. The van der Waals surface area contributed by atoms with Crippen molar-refractivity contribution < 1.29 is 18.7 Å². The van der Waals surface area contributed by atoms with Crippen LogP contribution < -0.4 is 5.32 Å². The van der Waals surface area contributed by atoms with Gasteiger partial charge in [0.1, 0.15) is 22.2 Å². The van der Waals surface area contributed by atoms with Crippen LogP contribution in [0.4, 0.5) is 14.2 Å². The minimum atomic E-state index is -0.690. The standard InChI is InChI=1S/C26H23FN4O3S2/c1-5-35-24-29-10-15-16-11-33-12-17(16)20(21(27)22(15)30-24)13-7-6-8-18-19(13)14(9-28)23(36-18)31-25(32)34-26(2,3)4/h6-8,10H,5,11-12H2,1-4H3,(H,31,32). The Morgan fingerprint density at radius 1 is 1.33 bits per heavy atom. The molecule has 0 unspecified atom stereocenters. The SMILES string of the molecule is CCSc1ncc2c3c(c(-c4cccc5sc(NC(=O)OC(C)(C)C)c(C#N)c45)c(F)c2n1)COC3. The van der Waals surface area contributed by atoms with E-state index in [1.54, 1.807) is 33.0 Å². The molecule has 184 valence electrons. The molecular weight excluding hydrogens is 499 g/mol. The Morgan fingerprint density at radius 2 is 2.11 bits per heavy atom. The first-order valence-electron chi connectivity index (χ1n) is 11.4. The quantitative estimate of drug-likeness (QED) is 0.227. The summed E-state index contributed by atoms with van der Waals surface area (Å²) in [5.74, 6) is 0.292. The second-order valence-electron chi connectivity index (χ2n) is 9.21. The Labute approximate surface area is 215 Å². The number of benzene rings is 2. The first-order valence-corrected chi connectivity index (χ1v) is 13.2. The van der Waals surface area contributed by atoms with Crippen LogP contribution in [0.15, 0.2) is 29.6 Å². The molecule has 4 aromatic rings. The van der Waals surface area contributed by atoms with Crippen LogP contribution in [0.25, 0.3) is 32.1 Å². The third kappa shape index (κ3) is 4.28. The highest BCUT2D eigenvalue weighted by Crippen LogP contribution is 2.46. The molecule has 0 fully saturated rings. The van der Waals surface area contributed by atoms with Gasteiger partial charge >= 0.3 is 6.09 Å². The fraction of sp³-hybridized carbons (Fsp3) is 0.308. The molecule has 0 aliphatic carbocycles. The van der Waals surface area contributed by atoms with Gasteiger partial charge in [-0.1, -0.05) is 30.8 Å². The number of ether oxygens (including phenoxy) is 2. The lowest BCUT2D eigenvalue weighted by molar-refractivity contribution is 0.0636. The number of fused-ring (bicyclic) bond motifs is 4. The van der Waals surface area contributed by atoms with E-state index >= 15 is 4.39 Å². The smallest absolute Gasteiger partial charge is 0.412 e. The highest BCUT2D eigenvalue weighted by molar-refractivity contribution is 7.99. The Balaban J connectivity index is 1.74. The van der Waals surface area contributed by atoms with Gasteiger partial charge in [-0.2, -0.15) is 5.26 Å². The molecule has 2 aromatic carbocycles. The van der Waals surface area contributed by atoms with Gasteiger partial charge < -0.3 is 9.47 Å². The van der Waals surface area contributed by atoms with E-state index < -0.39 is 17.5 Å². The van der Waals surface area contributed by atoms with Crippen molar-refractivity contribution in [3.63, 3.8) is 0 Å². The van der Waals surface area contributed by atoms with Crippen molar-refractivity contribution in [3.8, 4) is 17.2 Å². The van der Waals surface area contributed by atoms with Crippen LogP contribution in [0.1, 0.15) is 44.4 Å². The van der Waals surface area contributed by atoms with Gasteiger partial charge in [0.2, 0.25) is 0 Å². The van der Waals surface area contributed by atoms with Crippen LogP contribution >= 0.6 is 23.1 Å². The lowest BCUT2D eigenvalue weighted by Gasteiger charge is -2.19. The van der Waals surface area contributed by atoms with Crippen molar-refractivity contribution in [2.24, 2.45) is 0 Å². The molecule has 1 aliphatic rings. The van der Waals surface area contributed by atoms with Crippen LogP contribution in [0, 0.1) is 17.1 Å². The summed E-state index contributed by atoms with van der Waals surface area (Å²) in [6, 6.07) is 7.66. The number of nitriles is 1. The second kappa shape index (κ2) is 9.32. The number of carbonyl (C=O) groups excluding carboxylic acids is 1. The zero-order chi connectivity index (χ0) is 25.6. The van der Waals surface area contributed by atoms with Gasteiger partial charge in [0.25, 0.3) is 0 Å². The molecule has 1 N–H and O–H groups in total. The van der Waals surface area contributed by atoms with E-state index in [1.165, 1.54) is 23.1 Å². The average Bonchev–Trinajstić information content (AvgIpc) is 3.43. The molecule has 0 radical (unpaired) electrons. The number of amides is 1. The van der Waals surface area contributed by atoms with Crippen LogP contribution in [0.3, 0.4) is 0 Å². The van der Waals surface area contributed by atoms with Gasteiger partial charge in [0.15, 0.2) is 11.0 Å². The molecule has 3 heterocycles. The van der Waals surface area contributed by atoms with Gasteiger partial charge in [-0.25, -0.2) is 19.2 Å². The predicted molar refractivity (Wildman–Crippen MR) is 140 cm³/mol. The number of aromatic nitrogens is 2. The lowest BCUT2D eigenvalue weighted by atomic mass is 9.91. The Kier molecular flexibility index (Phi) is 6.32. The number of nitrogens with zero attached hydrogens (tertiary/aromatic N) is 3. The minimum absolute atomic E-state index is 0.234. The van der Waals surface area contributed by atoms with Crippen LogP contribution in [-0.2, 0) is 22.7 Å². The summed E-state index contributed by atoms with van der Waals surface area (Å²) in [5.41, 5.74) is 2.30. The molecule has 0 saturated carbocycles. The summed E-state index contributed by atoms with van der Waals surface area (Å²) in [6.45, 7) is 7.85. The Hall–Kier alpha value is -3.26. The largest absolute Gasteiger partial charge is 0.444 e. The molecule has 0 spiro atoms. The number of hydrogen-bond acceptors (Lipinski definition) is 8. The van der Waals surface area contributed by atoms with Gasteiger partial charge in [-0.3, -0.25) is 5.32 Å². The third-order valence-electron chi connectivity index (χ3n) is 5.66. The third-order valence-corrected chi connectivity index (χ3v) is 7.48. The highest BCUT2D eigenvalue weighted by Gasteiger charge is 2.29. The summed E-state index contributed by atoms with van der Waals surface area (Å²) in [6.07, 6.45) is 1.01. The van der Waals surface area contributed by atoms with Crippen LogP contribution in [0.5, 0.6) is 0 Å². The fourth-order valence-electron chi connectivity index (χ4n) is 4.32. The average molecular weight is 523 g/mol. The monoisotopic (exact) mass is 522 g/mol. The van der Waals surface area contributed by atoms with Crippen molar-refractivity contribution >= 4 is 55.2 Å². The summed E-state index contributed by atoms with van der Waals surface area (Å²) in [7, 11) is 0. The molecule has 2 aromatic heterocycles. The number of anilines is 1. The number of rotatable bonds is 4. The van der Waals surface area contributed by atoms with E-state index in [4.69, 9.17) is 9.47 Å². The topological polar surface area (TPSA) is 97.1 Å². The summed E-state index contributed by atoms with van der Waals surface area (Å²) >= 11 is 2.69. The van der Waals surface area contributed by atoms with Crippen molar-refractivity contribution in [3.05, 3.63) is 46.9 Å². The van der Waals surface area contributed by atoms with E-state index in [1.807, 2.05) is 19.1 Å². The van der Waals surface area contributed by atoms with Gasteiger partial charge in [-0.05, 0) is 49.3 Å². The number of halogens is 1. The highest BCUT2D eigenvalue weighted by atomic mass is 32.2. The Bertz CT molecular complexity index is 1570. The molecule has 36 heavy (non-hydrogen) atoms. The van der Waals surface area contributed by atoms with Crippen LogP contribution in [0.2, 0.25) is 0 Å². The first-order chi connectivity index (χ1) is 17.2. The van der Waals surface area contributed by atoms with Crippen molar-refractivity contribution in [1.82, 2.24) is 9.97 Å². The van der Waals surface area contributed by atoms with Gasteiger partial charge in [0.05, 0.1) is 18.8 Å². The van der Waals surface area contributed by atoms with E-state index in [0.717, 1.165) is 21.6 Å². The van der Waals surface area contributed by atoms with Crippen molar-refractivity contribution in [1.29, 1.82) is 5.26 Å². The number of thiophene rings is 1. The van der Waals surface area contributed by atoms with Crippen molar-refractivity contribution in [2.75, 3.05) is 11.1 Å². The molecule has 1 amide bonds. The zero-order valence-electron chi connectivity index (χ0n) is 20.2. The molecule has 5 rings (SSSR count). The molecule has 0 atom stereocenters. The summed E-state index contributed by atoms with van der Waals surface area (Å²) in [4.78, 5) is 21.3. The molecule has 1 aliphatic heterocycles.